The number of unbranched alkanes of at least 4 members (excludes halogenated alkanes) is 2. The third-order valence-corrected chi connectivity index (χ3v) is 5.32. The van der Waals surface area contributed by atoms with Crippen LogP contribution in [-0.2, 0) is 4.79 Å². The largest absolute Gasteiger partial charge is 0.480 e. The number of rotatable bonds is 6. The first-order valence-corrected chi connectivity index (χ1v) is 8.83. The van der Waals surface area contributed by atoms with Gasteiger partial charge in [-0.25, -0.2) is 4.79 Å². The molecule has 2 rings (SSSR count). The Morgan fingerprint density at radius 3 is 2.55 bits per heavy atom. The fourth-order valence-electron chi connectivity index (χ4n) is 2.66. The number of thioether (sulfide) groups is 1. The molecule has 1 saturated heterocycles. The second-order valence-corrected chi connectivity index (χ2v) is 6.93. The average molecular weight is 321 g/mol. The summed E-state index contributed by atoms with van der Waals surface area (Å²) in [5, 5.41) is 9.38. The summed E-state index contributed by atoms with van der Waals surface area (Å²) in [5.74, 6) is -0.603. The fraction of sp³-hybridized carbons (Fsp3) is 0.529. The second-order valence-electron chi connectivity index (χ2n) is 5.72. The van der Waals surface area contributed by atoms with E-state index in [1.54, 1.807) is 28.8 Å². The van der Waals surface area contributed by atoms with Gasteiger partial charge in [0.15, 0.2) is 0 Å². The number of carbonyl (C=O) groups excluding carboxylic acids is 1. The summed E-state index contributed by atoms with van der Waals surface area (Å²) >= 11 is 1.59. The van der Waals surface area contributed by atoms with Gasteiger partial charge in [-0.05, 0) is 25.5 Å². The van der Waals surface area contributed by atoms with Gasteiger partial charge in [0.2, 0.25) is 0 Å². The molecular weight excluding hydrogens is 298 g/mol. The van der Waals surface area contributed by atoms with E-state index in [1.165, 1.54) is 0 Å². The zero-order valence-electron chi connectivity index (χ0n) is 13.1. The first kappa shape index (κ1) is 16.9. The van der Waals surface area contributed by atoms with Crippen LogP contribution in [0.25, 0.3) is 0 Å². The van der Waals surface area contributed by atoms with Crippen LogP contribution in [-0.4, -0.2) is 39.1 Å². The van der Waals surface area contributed by atoms with Crippen LogP contribution in [0.5, 0.6) is 0 Å². The van der Waals surface area contributed by atoms with Gasteiger partial charge in [-0.1, -0.05) is 43.9 Å². The number of hydrogen-bond acceptors (Lipinski definition) is 3. The Balaban J connectivity index is 2.17. The van der Waals surface area contributed by atoms with Gasteiger partial charge in [-0.2, -0.15) is 0 Å². The van der Waals surface area contributed by atoms with Crippen LogP contribution in [0.15, 0.2) is 24.3 Å². The number of amides is 1. The molecule has 0 radical (unpaired) electrons. The van der Waals surface area contributed by atoms with Gasteiger partial charge in [0, 0.05) is 11.3 Å². The highest BCUT2D eigenvalue weighted by Crippen LogP contribution is 2.34. The van der Waals surface area contributed by atoms with Gasteiger partial charge in [0.25, 0.3) is 5.91 Å². The summed E-state index contributed by atoms with van der Waals surface area (Å²) in [5.41, 5.74) is 1.65. The van der Waals surface area contributed by atoms with Crippen molar-refractivity contribution in [1.82, 2.24) is 4.90 Å². The van der Waals surface area contributed by atoms with E-state index >= 15 is 0 Å². The van der Waals surface area contributed by atoms with Crippen molar-refractivity contribution < 1.29 is 14.7 Å². The summed E-state index contributed by atoms with van der Waals surface area (Å²) < 4.78 is 0. The summed E-state index contributed by atoms with van der Waals surface area (Å²) in [6.45, 7) is 4.10. The lowest BCUT2D eigenvalue weighted by atomic mass is 10.1. The molecule has 4 nitrogen and oxygen atoms in total. The summed E-state index contributed by atoms with van der Waals surface area (Å²) in [6, 6.07) is 6.62. The minimum atomic E-state index is -0.911. The number of aliphatic carboxylic acids is 1. The Labute approximate surface area is 135 Å². The maximum atomic E-state index is 12.8. The number of hydrogen-bond donors (Lipinski definition) is 1. The second kappa shape index (κ2) is 7.68. The van der Waals surface area contributed by atoms with Crippen molar-refractivity contribution in [3.8, 4) is 0 Å². The van der Waals surface area contributed by atoms with Crippen LogP contribution >= 0.6 is 11.8 Å². The lowest BCUT2D eigenvalue weighted by Crippen LogP contribution is -2.45. The monoisotopic (exact) mass is 321 g/mol. The molecule has 2 unspecified atom stereocenters. The molecule has 0 spiro atoms. The van der Waals surface area contributed by atoms with Crippen molar-refractivity contribution in [2.75, 3.05) is 5.75 Å². The molecule has 1 heterocycles. The first-order chi connectivity index (χ1) is 10.5. The van der Waals surface area contributed by atoms with Gasteiger partial charge in [0.1, 0.15) is 6.04 Å². The van der Waals surface area contributed by atoms with Gasteiger partial charge in [-0.3, -0.25) is 4.79 Å². The normalized spacial score (nSPS) is 21.1. The predicted octanol–water partition coefficient (Wildman–Crippen LogP) is 3.54. The molecule has 0 aromatic heterocycles. The van der Waals surface area contributed by atoms with Crippen LogP contribution in [0.4, 0.5) is 0 Å². The standard InChI is InChI=1S/C17H23NO3S/c1-3-4-5-6-15-18(14(11-22-15)17(20)21)16(19)13-9-7-12(2)8-10-13/h7-10,14-15H,3-6,11H2,1-2H3,(H,20,21). The van der Waals surface area contributed by atoms with E-state index in [2.05, 4.69) is 6.92 Å². The minimum absolute atomic E-state index is 0.0264. The molecule has 0 bridgehead atoms. The number of carboxylic acids is 1. The maximum Gasteiger partial charge on any atom is 0.327 e. The SMILES string of the molecule is CCCCCC1SCC(C(=O)O)N1C(=O)c1ccc(C)cc1. The summed E-state index contributed by atoms with van der Waals surface area (Å²) in [4.78, 5) is 25.8. The van der Waals surface area contributed by atoms with E-state index in [-0.39, 0.29) is 11.3 Å². The van der Waals surface area contributed by atoms with E-state index in [4.69, 9.17) is 0 Å². The first-order valence-electron chi connectivity index (χ1n) is 7.78. The molecule has 1 aromatic carbocycles. The Bertz CT molecular complexity index is 529. The van der Waals surface area contributed by atoms with Crippen LogP contribution in [0.2, 0.25) is 0 Å². The molecule has 22 heavy (non-hydrogen) atoms. The highest BCUT2D eigenvalue weighted by Gasteiger charge is 2.41. The number of nitrogens with zero attached hydrogens (tertiary/aromatic N) is 1. The van der Waals surface area contributed by atoms with Crippen LogP contribution in [0, 0.1) is 6.92 Å². The van der Waals surface area contributed by atoms with Gasteiger partial charge < -0.3 is 10.0 Å². The topological polar surface area (TPSA) is 57.6 Å². The number of aryl methyl sites for hydroxylation is 1. The molecule has 120 valence electrons. The predicted molar refractivity (Wildman–Crippen MR) is 89.2 cm³/mol. The molecule has 5 heteroatoms. The number of benzene rings is 1. The third-order valence-electron chi connectivity index (χ3n) is 3.97. The maximum absolute atomic E-state index is 12.8. The highest BCUT2D eigenvalue weighted by molar-refractivity contribution is 8.00. The van der Waals surface area contributed by atoms with Gasteiger partial charge in [0.05, 0.1) is 5.37 Å². The zero-order valence-corrected chi connectivity index (χ0v) is 13.9. The van der Waals surface area contributed by atoms with Crippen LogP contribution < -0.4 is 0 Å². The zero-order chi connectivity index (χ0) is 16.1. The summed E-state index contributed by atoms with van der Waals surface area (Å²) in [6.07, 6.45) is 4.12. The molecule has 1 fully saturated rings. The van der Waals surface area contributed by atoms with Crippen LogP contribution in [0.1, 0.15) is 48.5 Å². The van der Waals surface area contributed by atoms with Gasteiger partial charge >= 0.3 is 5.97 Å². The molecule has 1 N–H and O–H groups in total. The minimum Gasteiger partial charge on any atom is -0.480 e. The molecule has 1 aliphatic heterocycles. The van der Waals surface area contributed by atoms with Crippen molar-refractivity contribution in [3.63, 3.8) is 0 Å². The number of carboxylic acid groups (broad SMARTS) is 1. The molecule has 0 saturated carbocycles. The Hall–Kier alpha value is -1.49. The van der Waals surface area contributed by atoms with E-state index in [0.29, 0.717) is 11.3 Å². The Morgan fingerprint density at radius 1 is 1.27 bits per heavy atom. The van der Waals surface area contributed by atoms with Gasteiger partial charge in [-0.15, -0.1) is 11.8 Å². The van der Waals surface area contributed by atoms with Crippen molar-refractivity contribution in [3.05, 3.63) is 35.4 Å². The molecule has 0 aliphatic carbocycles. The van der Waals surface area contributed by atoms with E-state index in [1.807, 2.05) is 19.1 Å². The lowest BCUT2D eigenvalue weighted by Gasteiger charge is -2.27. The molecular formula is C17H23NO3S. The average Bonchev–Trinajstić information content (AvgIpc) is 2.91. The molecule has 1 amide bonds. The summed E-state index contributed by atoms with van der Waals surface area (Å²) in [7, 11) is 0. The molecule has 2 atom stereocenters. The lowest BCUT2D eigenvalue weighted by molar-refractivity contribution is -0.141. The van der Waals surface area contributed by atoms with E-state index < -0.39 is 12.0 Å². The van der Waals surface area contributed by atoms with Crippen molar-refractivity contribution in [1.29, 1.82) is 0 Å². The van der Waals surface area contributed by atoms with E-state index in [0.717, 1.165) is 31.2 Å². The Morgan fingerprint density at radius 2 is 1.95 bits per heavy atom. The highest BCUT2D eigenvalue weighted by atomic mass is 32.2. The van der Waals surface area contributed by atoms with Crippen molar-refractivity contribution in [2.45, 2.75) is 50.9 Å². The van der Waals surface area contributed by atoms with E-state index in [9.17, 15) is 14.7 Å². The smallest absolute Gasteiger partial charge is 0.327 e. The third kappa shape index (κ3) is 3.83. The van der Waals surface area contributed by atoms with Crippen molar-refractivity contribution in [2.24, 2.45) is 0 Å². The Kier molecular flexibility index (Phi) is 5.89. The molecule has 1 aromatic rings. The molecule has 1 aliphatic rings. The number of carbonyl (C=O) groups is 2. The van der Waals surface area contributed by atoms with Crippen LogP contribution in [0.3, 0.4) is 0 Å². The quantitative estimate of drug-likeness (QED) is 0.814. The van der Waals surface area contributed by atoms with Crippen molar-refractivity contribution >= 4 is 23.6 Å². The fourth-order valence-corrected chi connectivity index (χ4v) is 4.11.